The van der Waals surface area contributed by atoms with E-state index in [1.807, 2.05) is 6.20 Å². The van der Waals surface area contributed by atoms with Gasteiger partial charge in [-0.25, -0.2) is 4.98 Å². The average Bonchev–Trinajstić information content (AvgIpc) is 3.23. The van der Waals surface area contributed by atoms with E-state index >= 15 is 0 Å². The molecule has 2 saturated carbocycles. The molecule has 1 aromatic heterocycles. The van der Waals surface area contributed by atoms with Gasteiger partial charge in [-0.3, -0.25) is 0 Å². The Morgan fingerprint density at radius 3 is 2.95 bits per heavy atom. The Labute approximate surface area is 121 Å². The van der Waals surface area contributed by atoms with Gasteiger partial charge in [-0.1, -0.05) is 12.8 Å². The quantitative estimate of drug-likeness (QED) is 0.912. The molecule has 4 rings (SSSR count). The summed E-state index contributed by atoms with van der Waals surface area (Å²) in [4.78, 5) is 7.24. The van der Waals surface area contributed by atoms with Crippen LogP contribution >= 0.6 is 0 Å². The molecule has 0 bridgehead atoms. The third kappa shape index (κ3) is 2.56. The predicted octanol–water partition coefficient (Wildman–Crippen LogP) is 3.10. The Morgan fingerprint density at radius 2 is 2.05 bits per heavy atom. The highest BCUT2D eigenvalue weighted by Crippen LogP contribution is 2.38. The summed E-state index contributed by atoms with van der Waals surface area (Å²) in [5.41, 5.74) is 1.39. The lowest BCUT2D eigenvalue weighted by Crippen LogP contribution is -2.35. The van der Waals surface area contributed by atoms with Gasteiger partial charge in [-0.15, -0.1) is 0 Å². The third-order valence-corrected chi connectivity index (χ3v) is 5.29. The summed E-state index contributed by atoms with van der Waals surface area (Å²) in [5, 5.41) is 3.60. The summed E-state index contributed by atoms with van der Waals surface area (Å²) in [6.07, 6.45) is 11.7. The standard InChI is InChI=1S/C17H25N3/c1-2-4-16-14(3-1)8-10-20(16)17-11-13(7-9-18-17)12-19-15-5-6-15/h7,9,11,14-16,19H,1-6,8,10,12H2. The number of hydrogen-bond acceptors (Lipinski definition) is 3. The van der Waals surface area contributed by atoms with E-state index in [0.717, 1.165) is 24.5 Å². The van der Waals surface area contributed by atoms with Crippen LogP contribution in [0.15, 0.2) is 18.3 Å². The molecule has 2 aliphatic carbocycles. The minimum Gasteiger partial charge on any atom is -0.353 e. The fourth-order valence-corrected chi connectivity index (χ4v) is 3.97. The van der Waals surface area contributed by atoms with Crippen LogP contribution in [-0.4, -0.2) is 23.6 Å². The highest BCUT2D eigenvalue weighted by Gasteiger charge is 2.36. The van der Waals surface area contributed by atoms with Crippen molar-refractivity contribution < 1.29 is 0 Å². The molecule has 1 aliphatic heterocycles. The molecule has 108 valence electrons. The van der Waals surface area contributed by atoms with Crippen LogP contribution in [0.5, 0.6) is 0 Å². The predicted molar refractivity (Wildman–Crippen MR) is 81.8 cm³/mol. The SMILES string of the molecule is c1cc(CNC2CC2)cc(N2CCC3CCCCC32)n1. The summed E-state index contributed by atoms with van der Waals surface area (Å²) in [6, 6.07) is 6.02. The first-order valence-corrected chi connectivity index (χ1v) is 8.35. The molecule has 2 unspecified atom stereocenters. The first-order valence-electron chi connectivity index (χ1n) is 8.35. The Balaban J connectivity index is 1.47. The van der Waals surface area contributed by atoms with E-state index in [2.05, 4.69) is 27.3 Å². The molecule has 0 amide bonds. The van der Waals surface area contributed by atoms with E-state index in [9.17, 15) is 0 Å². The zero-order valence-corrected chi connectivity index (χ0v) is 12.2. The van der Waals surface area contributed by atoms with Crippen LogP contribution in [0.25, 0.3) is 0 Å². The molecular weight excluding hydrogens is 246 g/mol. The second-order valence-electron chi connectivity index (χ2n) is 6.77. The smallest absolute Gasteiger partial charge is 0.129 e. The van der Waals surface area contributed by atoms with Crippen LogP contribution in [0, 0.1) is 5.92 Å². The maximum atomic E-state index is 4.65. The number of fused-ring (bicyclic) bond motifs is 1. The molecule has 0 aromatic carbocycles. The van der Waals surface area contributed by atoms with Crippen LogP contribution in [0.1, 0.15) is 50.5 Å². The Hall–Kier alpha value is -1.09. The molecule has 3 nitrogen and oxygen atoms in total. The Kier molecular flexibility index (Phi) is 3.39. The van der Waals surface area contributed by atoms with Crippen LogP contribution in [-0.2, 0) is 6.54 Å². The van der Waals surface area contributed by atoms with Gasteiger partial charge >= 0.3 is 0 Å². The molecule has 3 fully saturated rings. The van der Waals surface area contributed by atoms with E-state index in [0.29, 0.717) is 0 Å². The van der Waals surface area contributed by atoms with E-state index in [4.69, 9.17) is 0 Å². The normalized spacial score (nSPS) is 29.5. The fraction of sp³-hybridized carbons (Fsp3) is 0.706. The molecule has 1 N–H and O–H groups in total. The maximum Gasteiger partial charge on any atom is 0.129 e. The van der Waals surface area contributed by atoms with Gasteiger partial charge in [0.15, 0.2) is 0 Å². The number of nitrogens with one attached hydrogen (secondary N) is 1. The van der Waals surface area contributed by atoms with Crippen LogP contribution in [0.4, 0.5) is 5.82 Å². The fourth-order valence-electron chi connectivity index (χ4n) is 3.97. The van der Waals surface area contributed by atoms with Crippen molar-refractivity contribution in [2.45, 2.75) is 63.6 Å². The minimum absolute atomic E-state index is 0.767. The van der Waals surface area contributed by atoms with Gasteiger partial charge in [0.2, 0.25) is 0 Å². The van der Waals surface area contributed by atoms with Crippen molar-refractivity contribution in [1.82, 2.24) is 10.3 Å². The lowest BCUT2D eigenvalue weighted by Gasteiger charge is -2.32. The van der Waals surface area contributed by atoms with Crippen molar-refractivity contribution in [2.24, 2.45) is 5.92 Å². The van der Waals surface area contributed by atoms with Crippen molar-refractivity contribution in [3.63, 3.8) is 0 Å². The zero-order valence-electron chi connectivity index (χ0n) is 12.2. The molecule has 2 heterocycles. The molecular formula is C17H25N3. The molecule has 1 saturated heterocycles. The van der Waals surface area contributed by atoms with Crippen LogP contribution in [0.2, 0.25) is 0 Å². The molecule has 3 aliphatic rings. The first-order chi connectivity index (χ1) is 9.90. The van der Waals surface area contributed by atoms with E-state index in [-0.39, 0.29) is 0 Å². The van der Waals surface area contributed by atoms with Gasteiger partial charge in [0, 0.05) is 31.4 Å². The van der Waals surface area contributed by atoms with Gasteiger partial charge in [-0.05, 0) is 55.7 Å². The van der Waals surface area contributed by atoms with Gasteiger partial charge in [-0.2, -0.15) is 0 Å². The number of aromatic nitrogens is 1. The maximum absolute atomic E-state index is 4.65. The summed E-state index contributed by atoms with van der Waals surface area (Å²) in [5.74, 6) is 2.15. The Bertz CT molecular complexity index is 469. The number of anilines is 1. The van der Waals surface area contributed by atoms with Gasteiger partial charge < -0.3 is 10.2 Å². The van der Waals surface area contributed by atoms with Crippen LogP contribution < -0.4 is 10.2 Å². The highest BCUT2D eigenvalue weighted by molar-refractivity contribution is 5.44. The van der Waals surface area contributed by atoms with Crippen molar-refractivity contribution in [2.75, 3.05) is 11.4 Å². The van der Waals surface area contributed by atoms with Gasteiger partial charge in [0.25, 0.3) is 0 Å². The van der Waals surface area contributed by atoms with E-state index in [1.165, 1.54) is 62.9 Å². The molecule has 2 atom stereocenters. The van der Waals surface area contributed by atoms with Gasteiger partial charge in [0.1, 0.15) is 5.82 Å². The molecule has 3 heteroatoms. The summed E-state index contributed by atoms with van der Waals surface area (Å²) < 4.78 is 0. The van der Waals surface area contributed by atoms with Crippen molar-refractivity contribution >= 4 is 5.82 Å². The van der Waals surface area contributed by atoms with Crippen LogP contribution in [0.3, 0.4) is 0 Å². The largest absolute Gasteiger partial charge is 0.353 e. The number of hydrogen-bond donors (Lipinski definition) is 1. The first kappa shape index (κ1) is 12.6. The summed E-state index contributed by atoms with van der Waals surface area (Å²) >= 11 is 0. The van der Waals surface area contributed by atoms with E-state index < -0.39 is 0 Å². The average molecular weight is 271 g/mol. The summed E-state index contributed by atoms with van der Waals surface area (Å²) in [7, 11) is 0. The van der Waals surface area contributed by atoms with Crippen molar-refractivity contribution in [1.29, 1.82) is 0 Å². The Morgan fingerprint density at radius 1 is 1.15 bits per heavy atom. The van der Waals surface area contributed by atoms with E-state index in [1.54, 1.807) is 0 Å². The van der Waals surface area contributed by atoms with Crippen molar-refractivity contribution in [3.05, 3.63) is 23.9 Å². The summed E-state index contributed by atoms with van der Waals surface area (Å²) in [6.45, 7) is 2.21. The lowest BCUT2D eigenvalue weighted by atomic mass is 9.85. The number of rotatable bonds is 4. The molecule has 1 aromatic rings. The third-order valence-electron chi connectivity index (χ3n) is 5.29. The zero-order chi connectivity index (χ0) is 13.4. The second kappa shape index (κ2) is 5.36. The van der Waals surface area contributed by atoms with Crippen molar-refractivity contribution in [3.8, 4) is 0 Å². The number of nitrogens with zero attached hydrogens (tertiary/aromatic N) is 2. The molecule has 20 heavy (non-hydrogen) atoms. The number of pyridine rings is 1. The minimum atomic E-state index is 0.767. The molecule has 0 spiro atoms. The monoisotopic (exact) mass is 271 g/mol. The topological polar surface area (TPSA) is 28.2 Å². The second-order valence-corrected chi connectivity index (χ2v) is 6.77. The lowest BCUT2D eigenvalue weighted by molar-refractivity contribution is 0.341. The van der Waals surface area contributed by atoms with Gasteiger partial charge in [0.05, 0.1) is 0 Å². The highest BCUT2D eigenvalue weighted by atomic mass is 15.2. The molecule has 0 radical (unpaired) electrons.